The number of benzene rings is 2. The first-order valence-corrected chi connectivity index (χ1v) is 8.59. The van der Waals surface area contributed by atoms with E-state index in [2.05, 4.69) is 12.2 Å². The maximum absolute atomic E-state index is 10.3. The number of anilines is 1. The zero-order valence-corrected chi connectivity index (χ0v) is 14.6. The van der Waals surface area contributed by atoms with E-state index in [-0.39, 0.29) is 0 Å². The maximum atomic E-state index is 10.3. The molecule has 0 aliphatic heterocycles. The average Bonchev–Trinajstić information content (AvgIpc) is 3.21. The quantitative estimate of drug-likeness (QED) is 0.436. The Morgan fingerprint density at radius 1 is 0.917 bits per heavy atom. The van der Waals surface area contributed by atoms with E-state index in [1.54, 1.807) is 0 Å². The molecule has 2 aliphatic rings. The van der Waals surface area contributed by atoms with Crippen molar-refractivity contribution in [3.8, 4) is 0 Å². The lowest BCUT2D eigenvalue weighted by molar-refractivity contribution is 0.112. The van der Waals surface area contributed by atoms with Crippen LogP contribution in [0.5, 0.6) is 0 Å². The molecule has 2 nitrogen and oxygen atoms in total. The minimum atomic E-state index is 0.762. The molecule has 2 unspecified atom stereocenters. The standard InChI is InChI=1S/C9H10O.C7H10.C6H7N/c1-7-3-8(2)5-9(4-7)6-10;1-2-7-4-3-6(1)5-7;7-6-4-2-1-3-5-6/h3-6H,1-2H3;1-2,6-7H,3-5H2;1-5H,7H2. The number of fused-ring (bicyclic) bond motifs is 2. The monoisotopic (exact) mass is 321 g/mol. The predicted octanol–water partition coefficient (Wildman–Crippen LogP) is 5.36. The third-order valence-electron chi connectivity index (χ3n) is 4.35. The molecule has 2 bridgehead atoms. The van der Waals surface area contributed by atoms with Crippen LogP contribution in [0.3, 0.4) is 0 Å². The lowest BCUT2D eigenvalue weighted by atomic mass is 10.1. The van der Waals surface area contributed by atoms with E-state index < -0.39 is 0 Å². The van der Waals surface area contributed by atoms with Crippen molar-refractivity contribution >= 4 is 12.0 Å². The molecule has 0 spiro atoms. The van der Waals surface area contributed by atoms with E-state index in [4.69, 9.17) is 5.73 Å². The molecule has 1 saturated carbocycles. The first-order chi connectivity index (χ1) is 11.6. The molecule has 0 amide bonds. The molecule has 0 saturated heterocycles. The number of aryl methyl sites for hydroxylation is 2. The Kier molecular flexibility index (Phi) is 6.80. The predicted molar refractivity (Wildman–Crippen MR) is 102 cm³/mol. The van der Waals surface area contributed by atoms with Gasteiger partial charge in [-0.2, -0.15) is 0 Å². The summed E-state index contributed by atoms with van der Waals surface area (Å²) in [5.41, 5.74) is 9.22. The fourth-order valence-electron chi connectivity index (χ4n) is 3.25. The van der Waals surface area contributed by atoms with Gasteiger partial charge in [-0.05, 0) is 69.2 Å². The normalized spacial score (nSPS) is 19.8. The molecule has 4 rings (SSSR count). The number of nitrogen functional groups attached to an aromatic ring is 1. The molecule has 2 aromatic carbocycles. The summed E-state index contributed by atoms with van der Waals surface area (Å²) in [7, 11) is 0. The van der Waals surface area contributed by atoms with Crippen molar-refractivity contribution in [1.82, 2.24) is 0 Å². The van der Waals surface area contributed by atoms with Gasteiger partial charge in [-0.1, -0.05) is 47.5 Å². The molecule has 0 radical (unpaired) electrons. The molecule has 126 valence electrons. The summed E-state index contributed by atoms with van der Waals surface area (Å²) in [5.74, 6) is 1.98. The van der Waals surface area contributed by atoms with Crippen molar-refractivity contribution in [3.05, 3.63) is 77.4 Å². The van der Waals surface area contributed by atoms with E-state index >= 15 is 0 Å². The second kappa shape index (κ2) is 9.07. The van der Waals surface area contributed by atoms with Crippen molar-refractivity contribution in [2.24, 2.45) is 11.8 Å². The second-order valence-corrected chi connectivity index (χ2v) is 6.67. The molecular formula is C22H27NO. The SMILES string of the molecule is C1=CC2CCC1C2.Cc1cc(C)cc(C=O)c1.Nc1ccccc1. The first kappa shape index (κ1) is 18.0. The Labute approximate surface area is 145 Å². The highest BCUT2D eigenvalue weighted by molar-refractivity contribution is 5.75. The van der Waals surface area contributed by atoms with Gasteiger partial charge in [0.25, 0.3) is 0 Å². The summed E-state index contributed by atoms with van der Waals surface area (Å²) in [6.07, 6.45) is 10.1. The highest BCUT2D eigenvalue weighted by Crippen LogP contribution is 2.38. The van der Waals surface area contributed by atoms with Crippen molar-refractivity contribution < 1.29 is 4.79 Å². The fraction of sp³-hybridized carbons (Fsp3) is 0.318. The van der Waals surface area contributed by atoms with Gasteiger partial charge >= 0.3 is 0 Å². The Bertz CT molecular complexity index is 643. The smallest absolute Gasteiger partial charge is 0.150 e. The van der Waals surface area contributed by atoms with Crippen LogP contribution in [0.4, 0.5) is 5.69 Å². The molecule has 0 heterocycles. The highest BCUT2D eigenvalue weighted by atomic mass is 16.1. The summed E-state index contributed by atoms with van der Waals surface area (Å²) in [6.45, 7) is 3.97. The number of aldehydes is 1. The Balaban J connectivity index is 0.000000133. The van der Waals surface area contributed by atoms with Gasteiger partial charge in [0.15, 0.2) is 0 Å². The molecular weight excluding hydrogens is 294 g/mol. The minimum absolute atomic E-state index is 0.762. The Morgan fingerprint density at radius 2 is 1.46 bits per heavy atom. The molecule has 24 heavy (non-hydrogen) atoms. The summed E-state index contributed by atoms with van der Waals surface area (Å²) < 4.78 is 0. The molecule has 2 N–H and O–H groups in total. The van der Waals surface area contributed by atoms with E-state index in [0.717, 1.165) is 40.5 Å². The minimum Gasteiger partial charge on any atom is -0.399 e. The number of carbonyl (C=O) groups excluding carboxylic acids is 1. The van der Waals surface area contributed by atoms with Gasteiger partial charge in [-0.15, -0.1) is 0 Å². The van der Waals surface area contributed by atoms with Crippen molar-refractivity contribution in [3.63, 3.8) is 0 Å². The molecule has 0 aromatic heterocycles. The third kappa shape index (κ3) is 6.04. The van der Waals surface area contributed by atoms with E-state index in [1.165, 1.54) is 19.3 Å². The van der Waals surface area contributed by atoms with Crippen LogP contribution in [-0.2, 0) is 0 Å². The number of allylic oxidation sites excluding steroid dienone is 2. The van der Waals surface area contributed by atoms with Crippen molar-refractivity contribution in [1.29, 1.82) is 0 Å². The number of hydrogen-bond donors (Lipinski definition) is 1. The Hall–Kier alpha value is -2.35. The van der Waals surface area contributed by atoms with E-state index in [9.17, 15) is 4.79 Å². The summed E-state index contributed by atoms with van der Waals surface area (Å²) in [5, 5.41) is 0. The number of para-hydroxylation sites is 1. The number of nitrogens with two attached hydrogens (primary N) is 1. The van der Waals surface area contributed by atoms with Gasteiger partial charge in [0.1, 0.15) is 6.29 Å². The maximum Gasteiger partial charge on any atom is 0.150 e. The zero-order chi connectivity index (χ0) is 17.4. The van der Waals surface area contributed by atoms with Crippen molar-refractivity contribution in [2.45, 2.75) is 33.1 Å². The number of hydrogen-bond acceptors (Lipinski definition) is 2. The largest absolute Gasteiger partial charge is 0.399 e. The fourth-order valence-corrected chi connectivity index (χ4v) is 3.25. The van der Waals surface area contributed by atoms with Gasteiger partial charge in [-0.25, -0.2) is 0 Å². The summed E-state index contributed by atoms with van der Waals surface area (Å²) in [6, 6.07) is 15.3. The molecule has 2 heteroatoms. The molecule has 2 aliphatic carbocycles. The van der Waals surface area contributed by atoms with Gasteiger partial charge in [0.2, 0.25) is 0 Å². The van der Waals surface area contributed by atoms with Crippen LogP contribution in [0, 0.1) is 25.7 Å². The Morgan fingerprint density at radius 3 is 1.75 bits per heavy atom. The third-order valence-corrected chi connectivity index (χ3v) is 4.35. The summed E-state index contributed by atoms with van der Waals surface area (Å²) in [4.78, 5) is 10.3. The van der Waals surface area contributed by atoms with Crippen LogP contribution in [0.1, 0.15) is 40.7 Å². The topological polar surface area (TPSA) is 43.1 Å². The first-order valence-electron chi connectivity index (χ1n) is 8.59. The van der Waals surface area contributed by atoms with Crippen LogP contribution in [-0.4, -0.2) is 6.29 Å². The van der Waals surface area contributed by atoms with Crippen LogP contribution >= 0.6 is 0 Å². The molecule has 2 aromatic rings. The van der Waals surface area contributed by atoms with Crippen molar-refractivity contribution in [2.75, 3.05) is 5.73 Å². The van der Waals surface area contributed by atoms with Gasteiger partial charge < -0.3 is 5.73 Å². The van der Waals surface area contributed by atoms with Crippen LogP contribution in [0.15, 0.2) is 60.7 Å². The number of carbonyl (C=O) groups is 1. The second-order valence-electron chi connectivity index (χ2n) is 6.67. The van der Waals surface area contributed by atoms with Crippen LogP contribution in [0.2, 0.25) is 0 Å². The zero-order valence-electron chi connectivity index (χ0n) is 14.6. The lowest BCUT2D eigenvalue weighted by Crippen LogP contribution is -1.83. The summed E-state index contributed by atoms with van der Waals surface area (Å²) >= 11 is 0. The van der Waals surface area contributed by atoms with Gasteiger partial charge in [0, 0.05) is 11.3 Å². The van der Waals surface area contributed by atoms with Crippen LogP contribution < -0.4 is 5.73 Å². The number of rotatable bonds is 1. The molecule has 2 atom stereocenters. The van der Waals surface area contributed by atoms with E-state index in [1.807, 2.05) is 62.4 Å². The lowest BCUT2D eigenvalue weighted by Gasteiger charge is -1.96. The van der Waals surface area contributed by atoms with Gasteiger partial charge in [-0.3, -0.25) is 4.79 Å². The molecule has 1 fully saturated rings. The van der Waals surface area contributed by atoms with E-state index in [0.29, 0.717) is 0 Å². The average molecular weight is 321 g/mol. The highest BCUT2D eigenvalue weighted by Gasteiger charge is 2.25. The van der Waals surface area contributed by atoms with Crippen LogP contribution in [0.25, 0.3) is 0 Å². The van der Waals surface area contributed by atoms with Gasteiger partial charge in [0.05, 0.1) is 0 Å².